The molecule has 2 N–H and O–H groups in total. The molecule has 106 valence electrons. The van der Waals surface area contributed by atoms with Gasteiger partial charge in [0.1, 0.15) is 10.8 Å². The first-order valence-corrected chi connectivity index (χ1v) is 7.21. The lowest BCUT2D eigenvalue weighted by Crippen LogP contribution is -2.08. The number of halogens is 1. The van der Waals surface area contributed by atoms with Crippen LogP contribution < -0.4 is 10.6 Å². The number of aryl methyl sites for hydroxylation is 1. The van der Waals surface area contributed by atoms with Gasteiger partial charge in [0.25, 0.3) is 0 Å². The van der Waals surface area contributed by atoms with Crippen molar-refractivity contribution < 1.29 is 0 Å². The Labute approximate surface area is 124 Å². The zero-order valence-corrected chi connectivity index (χ0v) is 12.3. The Balaban J connectivity index is 1.83. The second-order valence-corrected chi connectivity index (χ2v) is 4.84. The van der Waals surface area contributed by atoms with Crippen molar-refractivity contribution in [2.75, 3.05) is 23.7 Å². The molecule has 0 spiro atoms. The zero-order valence-electron chi connectivity index (χ0n) is 11.6. The fourth-order valence-electron chi connectivity index (χ4n) is 1.88. The fourth-order valence-corrected chi connectivity index (χ4v) is 2.04. The molecule has 0 fully saturated rings. The van der Waals surface area contributed by atoms with E-state index in [1.54, 1.807) is 6.20 Å². The highest BCUT2D eigenvalue weighted by atomic mass is 35.5. The van der Waals surface area contributed by atoms with Gasteiger partial charge in [-0.1, -0.05) is 41.9 Å². The van der Waals surface area contributed by atoms with Crippen molar-refractivity contribution in [3.05, 3.63) is 47.1 Å². The zero-order chi connectivity index (χ0) is 14.2. The topological polar surface area (TPSA) is 49.8 Å². The van der Waals surface area contributed by atoms with Gasteiger partial charge >= 0.3 is 0 Å². The molecule has 1 aromatic carbocycles. The van der Waals surface area contributed by atoms with E-state index < -0.39 is 0 Å². The number of hydrogen-bond acceptors (Lipinski definition) is 4. The Morgan fingerprint density at radius 2 is 1.95 bits per heavy atom. The maximum Gasteiger partial charge on any atom is 0.224 e. The summed E-state index contributed by atoms with van der Waals surface area (Å²) in [6.07, 6.45) is 3.68. The third-order valence-corrected chi connectivity index (χ3v) is 3.13. The maximum absolute atomic E-state index is 6.08. The van der Waals surface area contributed by atoms with E-state index in [0.717, 1.165) is 25.9 Å². The summed E-state index contributed by atoms with van der Waals surface area (Å²) < 4.78 is 0. The van der Waals surface area contributed by atoms with Crippen LogP contribution in [-0.4, -0.2) is 23.1 Å². The Morgan fingerprint density at radius 3 is 2.70 bits per heavy atom. The molecule has 1 aromatic heterocycles. The molecule has 2 rings (SSSR count). The van der Waals surface area contributed by atoms with Gasteiger partial charge in [0.2, 0.25) is 5.95 Å². The van der Waals surface area contributed by atoms with Gasteiger partial charge in [-0.15, -0.1) is 0 Å². The lowest BCUT2D eigenvalue weighted by Gasteiger charge is -2.09. The molecule has 20 heavy (non-hydrogen) atoms. The third-order valence-electron chi connectivity index (χ3n) is 2.86. The van der Waals surface area contributed by atoms with Crippen molar-refractivity contribution in [3.63, 3.8) is 0 Å². The monoisotopic (exact) mass is 290 g/mol. The van der Waals surface area contributed by atoms with Gasteiger partial charge in [-0.2, -0.15) is 4.98 Å². The average molecular weight is 291 g/mol. The Bertz CT molecular complexity index is 531. The van der Waals surface area contributed by atoms with Gasteiger partial charge in [-0.25, -0.2) is 4.98 Å². The van der Waals surface area contributed by atoms with Crippen LogP contribution in [-0.2, 0) is 6.42 Å². The molecule has 0 atom stereocenters. The van der Waals surface area contributed by atoms with Gasteiger partial charge < -0.3 is 10.6 Å². The smallest absolute Gasteiger partial charge is 0.224 e. The van der Waals surface area contributed by atoms with Crippen LogP contribution in [0.4, 0.5) is 11.8 Å². The molecule has 0 saturated carbocycles. The van der Waals surface area contributed by atoms with E-state index in [9.17, 15) is 0 Å². The Hall–Kier alpha value is -1.81. The highest BCUT2D eigenvalue weighted by molar-refractivity contribution is 6.32. The number of hydrogen-bond donors (Lipinski definition) is 2. The van der Waals surface area contributed by atoms with Crippen molar-refractivity contribution in [2.45, 2.75) is 19.8 Å². The summed E-state index contributed by atoms with van der Waals surface area (Å²) in [5.41, 5.74) is 1.34. The van der Waals surface area contributed by atoms with E-state index in [4.69, 9.17) is 11.6 Å². The van der Waals surface area contributed by atoms with E-state index in [-0.39, 0.29) is 0 Å². The fraction of sp³-hybridized carbons (Fsp3) is 0.333. The van der Waals surface area contributed by atoms with Gasteiger partial charge in [0, 0.05) is 13.1 Å². The summed E-state index contributed by atoms with van der Waals surface area (Å²) in [6, 6.07) is 10.4. The van der Waals surface area contributed by atoms with Crippen molar-refractivity contribution in [1.29, 1.82) is 0 Å². The average Bonchev–Trinajstić information content (AvgIpc) is 2.48. The molecular weight excluding hydrogens is 272 g/mol. The highest BCUT2D eigenvalue weighted by Crippen LogP contribution is 2.19. The quantitative estimate of drug-likeness (QED) is 0.765. The van der Waals surface area contributed by atoms with Crippen LogP contribution in [0.15, 0.2) is 36.5 Å². The van der Waals surface area contributed by atoms with Crippen molar-refractivity contribution in [2.24, 2.45) is 0 Å². The predicted octanol–water partition coefficient (Wildman–Crippen LogP) is 3.61. The van der Waals surface area contributed by atoms with Crippen LogP contribution >= 0.6 is 11.6 Å². The van der Waals surface area contributed by atoms with Crippen LogP contribution in [0, 0.1) is 0 Å². The molecular formula is C15H19ClN4. The molecule has 0 radical (unpaired) electrons. The van der Waals surface area contributed by atoms with Crippen molar-refractivity contribution >= 4 is 23.4 Å². The van der Waals surface area contributed by atoms with Gasteiger partial charge in [0.05, 0.1) is 6.20 Å². The molecule has 1 heterocycles. The summed E-state index contributed by atoms with van der Waals surface area (Å²) >= 11 is 6.08. The van der Waals surface area contributed by atoms with Gasteiger partial charge in [-0.05, 0) is 25.3 Å². The first-order valence-electron chi connectivity index (χ1n) is 6.84. The molecule has 4 nitrogen and oxygen atoms in total. The van der Waals surface area contributed by atoms with Crippen LogP contribution in [0.1, 0.15) is 18.9 Å². The molecule has 0 aliphatic carbocycles. The minimum absolute atomic E-state index is 0.548. The Morgan fingerprint density at radius 1 is 1.15 bits per heavy atom. The summed E-state index contributed by atoms with van der Waals surface area (Å²) in [7, 11) is 0. The molecule has 0 aliphatic heterocycles. The van der Waals surface area contributed by atoms with Gasteiger partial charge in [0.15, 0.2) is 0 Å². The van der Waals surface area contributed by atoms with E-state index in [0.29, 0.717) is 16.8 Å². The van der Waals surface area contributed by atoms with E-state index in [2.05, 4.69) is 44.9 Å². The summed E-state index contributed by atoms with van der Waals surface area (Å²) in [4.78, 5) is 8.45. The van der Waals surface area contributed by atoms with Crippen LogP contribution in [0.2, 0.25) is 5.02 Å². The van der Waals surface area contributed by atoms with Crippen LogP contribution in [0.3, 0.4) is 0 Å². The highest BCUT2D eigenvalue weighted by Gasteiger charge is 2.04. The maximum atomic E-state index is 6.08. The molecule has 0 amide bonds. The molecule has 5 heteroatoms. The molecule has 2 aromatic rings. The number of anilines is 2. The number of nitrogens with zero attached hydrogens (tertiary/aromatic N) is 2. The second kappa shape index (κ2) is 7.70. The first kappa shape index (κ1) is 14.6. The number of rotatable bonds is 7. The molecule has 0 aliphatic rings. The normalized spacial score (nSPS) is 10.3. The molecule has 0 saturated heterocycles. The van der Waals surface area contributed by atoms with E-state index >= 15 is 0 Å². The van der Waals surface area contributed by atoms with Crippen molar-refractivity contribution in [1.82, 2.24) is 9.97 Å². The standard InChI is InChI=1S/C15H19ClN4/c1-2-17-15-19-11-13(16)14(20-15)18-10-6-9-12-7-4-3-5-8-12/h3-5,7-8,11H,2,6,9-10H2,1H3,(H2,17,18,19,20). The first-order chi connectivity index (χ1) is 9.79. The molecule has 0 unspecified atom stereocenters. The third kappa shape index (κ3) is 4.38. The SMILES string of the molecule is CCNc1ncc(Cl)c(NCCCc2ccccc2)n1. The lowest BCUT2D eigenvalue weighted by atomic mass is 10.1. The Kier molecular flexibility index (Phi) is 5.62. The van der Waals surface area contributed by atoms with Crippen LogP contribution in [0.5, 0.6) is 0 Å². The minimum atomic E-state index is 0.548. The van der Waals surface area contributed by atoms with E-state index in [1.807, 2.05) is 13.0 Å². The summed E-state index contributed by atoms with van der Waals surface area (Å²) in [6.45, 7) is 3.62. The van der Waals surface area contributed by atoms with Crippen LogP contribution in [0.25, 0.3) is 0 Å². The minimum Gasteiger partial charge on any atom is -0.369 e. The number of aromatic nitrogens is 2. The van der Waals surface area contributed by atoms with Gasteiger partial charge in [-0.3, -0.25) is 0 Å². The molecule has 0 bridgehead atoms. The number of nitrogens with one attached hydrogen (secondary N) is 2. The second-order valence-electron chi connectivity index (χ2n) is 4.44. The summed E-state index contributed by atoms with van der Waals surface area (Å²) in [5.74, 6) is 1.29. The predicted molar refractivity (Wildman–Crippen MR) is 84.5 cm³/mol. The number of benzene rings is 1. The van der Waals surface area contributed by atoms with Crippen molar-refractivity contribution in [3.8, 4) is 0 Å². The lowest BCUT2D eigenvalue weighted by molar-refractivity contribution is 0.858. The van der Waals surface area contributed by atoms with E-state index in [1.165, 1.54) is 5.56 Å². The summed E-state index contributed by atoms with van der Waals surface area (Å²) in [5, 5.41) is 6.88. The largest absolute Gasteiger partial charge is 0.369 e.